The Morgan fingerprint density at radius 2 is 1.36 bits per heavy atom. The molecule has 1 aromatic rings. The first-order chi connectivity index (χ1) is 11.6. The van der Waals surface area contributed by atoms with Gasteiger partial charge in [0.2, 0.25) is 0 Å². The molecule has 0 radical (unpaired) electrons. The van der Waals surface area contributed by atoms with E-state index in [2.05, 4.69) is 0 Å². The van der Waals surface area contributed by atoms with Crippen LogP contribution in [0.5, 0.6) is 0 Å². The summed E-state index contributed by atoms with van der Waals surface area (Å²) in [5, 5.41) is 34.6. The molecule has 0 fully saturated rings. The first-order valence-electron chi connectivity index (χ1n) is 6.99. The van der Waals surface area contributed by atoms with Crippen LogP contribution in [0.4, 0.5) is 0 Å². The zero-order chi connectivity index (χ0) is 19.2. The maximum atomic E-state index is 10.8. The molecule has 0 bridgehead atoms. The highest BCUT2D eigenvalue weighted by Crippen LogP contribution is 2.31. The quantitative estimate of drug-likeness (QED) is 0.646. The Bertz CT molecular complexity index is 742. The lowest BCUT2D eigenvalue weighted by Crippen LogP contribution is -2.28. The first kappa shape index (κ1) is 19.6. The number of aliphatic carboxylic acids is 2. The summed E-state index contributed by atoms with van der Waals surface area (Å²) in [6, 6.07) is 5.48. The second-order valence-corrected chi connectivity index (χ2v) is 5.41. The number of benzene rings is 1. The first-order valence-corrected chi connectivity index (χ1v) is 6.99. The van der Waals surface area contributed by atoms with Gasteiger partial charge in [-0.05, 0) is 25.5 Å². The number of allylic oxidation sites excluding steroid dienone is 2. The molecule has 0 aliphatic heterocycles. The van der Waals surface area contributed by atoms with Crippen molar-refractivity contribution in [3.8, 4) is 0 Å². The standard InChI is InChI=1S/C9H10O4.C8H6O4/c1-9(8(12)13)4-2-3-6(5-9)7(10)11;9-7(10)5-3-1-2-4-6(5)8(11)12/h2-4H,5H2,1H3,(H,10,11)(H,12,13);1-4H,(H,9,10)(H,11,12). The van der Waals surface area contributed by atoms with Gasteiger partial charge in [0, 0.05) is 5.57 Å². The maximum absolute atomic E-state index is 10.8. The third-order valence-electron chi connectivity index (χ3n) is 3.47. The fourth-order valence-electron chi connectivity index (χ4n) is 2.04. The SMILES string of the molecule is CC1(C(=O)O)C=CC=C(C(=O)O)C1.O=C(O)c1ccccc1C(=O)O. The van der Waals surface area contributed by atoms with Crippen LogP contribution in [0.1, 0.15) is 34.1 Å². The van der Waals surface area contributed by atoms with Gasteiger partial charge in [-0.1, -0.05) is 30.4 Å². The topological polar surface area (TPSA) is 149 Å². The molecule has 0 saturated carbocycles. The number of carboxylic acids is 4. The molecule has 1 unspecified atom stereocenters. The van der Waals surface area contributed by atoms with Gasteiger partial charge < -0.3 is 20.4 Å². The molecule has 1 atom stereocenters. The molecule has 1 aliphatic carbocycles. The summed E-state index contributed by atoms with van der Waals surface area (Å²) < 4.78 is 0. The zero-order valence-corrected chi connectivity index (χ0v) is 13.2. The number of aromatic carboxylic acids is 2. The molecule has 1 aliphatic rings. The van der Waals surface area contributed by atoms with Crippen LogP contribution in [0.3, 0.4) is 0 Å². The second-order valence-electron chi connectivity index (χ2n) is 5.41. The van der Waals surface area contributed by atoms with E-state index in [4.69, 9.17) is 20.4 Å². The van der Waals surface area contributed by atoms with Crippen LogP contribution >= 0.6 is 0 Å². The normalized spacial score (nSPS) is 18.4. The summed E-state index contributed by atoms with van der Waals surface area (Å²) in [6.07, 6.45) is 4.43. The zero-order valence-electron chi connectivity index (χ0n) is 13.2. The third-order valence-corrected chi connectivity index (χ3v) is 3.47. The maximum Gasteiger partial charge on any atom is 0.336 e. The molecule has 0 aromatic heterocycles. The van der Waals surface area contributed by atoms with Gasteiger partial charge in [0.25, 0.3) is 0 Å². The molecule has 8 heteroatoms. The molecule has 0 spiro atoms. The van der Waals surface area contributed by atoms with Gasteiger partial charge >= 0.3 is 23.9 Å². The van der Waals surface area contributed by atoms with Crippen molar-refractivity contribution in [3.05, 3.63) is 59.2 Å². The monoisotopic (exact) mass is 348 g/mol. The number of hydrogen-bond donors (Lipinski definition) is 4. The average molecular weight is 348 g/mol. The molecule has 8 nitrogen and oxygen atoms in total. The summed E-state index contributed by atoms with van der Waals surface area (Å²) in [7, 11) is 0. The lowest BCUT2D eigenvalue weighted by Gasteiger charge is -2.23. The van der Waals surface area contributed by atoms with Crippen molar-refractivity contribution in [1.29, 1.82) is 0 Å². The van der Waals surface area contributed by atoms with E-state index in [0.29, 0.717) is 0 Å². The Hall–Kier alpha value is -3.42. The van der Waals surface area contributed by atoms with Crippen molar-refractivity contribution >= 4 is 23.9 Å². The van der Waals surface area contributed by atoms with E-state index in [9.17, 15) is 19.2 Å². The summed E-state index contributed by atoms with van der Waals surface area (Å²) >= 11 is 0. The van der Waals surface area contributed by atoms with Crippen molar-refractivity contribution < 1.29 is 39.6 Å². The van der Waals surface area contributed by atoms with Gasteiger partial charge in [0.15, 0.2) is 0 Å². The number of hydrogen-bond acceptors (Lipinski definition) is 4. The number of carbonyl (C=O) groups is 4. The van der Waals surface area contributed by atoms with E-state index >= 15 is 0 Å². The third kappa shape index (κ3) is 5.03. The minimum absolute atomic E-state index is 0.0359. The van der Waals surface area contributed by atoms with Crippen molar-refractivity contribution in [2.45, 2.75) is 13.3 Å². The smallest absolute Gasteiger partial charge is 0.336 e. The van der Waals surface area contributed by atoms with Crippen molar-refractivity contribution in [2.24, 2.45) is 5.41 Å². The van der Waals surface area contributed by atoms with Crippen molar-refractivity contribution in [2.75, 3.05) is 0 Å². The highest BCUT2D eigenvalue weighted by Gasteiger charge is 2.34. The summed E-state index contributed by atoms with van der Waals surface area (Å²) in [6.45, 7) is 1.50. The van der Waals surface area contributed by atoms with Gasteiger partial charge in [-0.15, -0.1) is 0 Å². The van der Waals surface area contributed by atoms with Crippen LogP contribution in [0.25, 0.3) is 0 Å². The van der Waals surface area contributed by atoms with Gasteiger partial charge in [-0.3, -0.25) is 4.79 Å². The van der Waals surface area contributed by atoms with E-state index in [1.807, 2.05) is 0 Å². The van der Waals surface area contributed by atoms with Crippen molar-refractivity contribution in [3.63, 3.8) is 0 Å². The molecule has 25 heavy (non-hydrogen) atoms. The Balaban J connectivity index is 0.000000251. The van der Waals surface area contributed by atoms with Crippen LogP contribution in [0.15, 0.2) is 48.1 Å². The van der Waals surface area contributed by atoms with Crippen LogP contribution in [-0.2, 0) is 9.59 Å². The van der Waals surface area contributed by atoms with E-state index < -0.39 is 29.3 Å². The summed E-state index contributed by atoms with van der Waals surface area (Å²) in [4.78, 5) is 42.3. The molecule has 0 heterocycles. The number of rotatable bonds is 4. The van der Waals surface area contributed by atoms with Gasteiger partial charge in [-0.2, -0.15) is 0 Å². The fraction of sp³-hybridized carbons (Fsp3) is 0.176. The average Bonchev–Trinajstić information content (AvgIpc) is 2.55. The van der Waals surface area contributed by atoms with Crippen LogP contribution in [-0.4, -0.2) is 44.3 Å². The molecule has 132 valence electrons. The van der Waals surface area contributed by atoms with Gasteiger partial charge in [0.05, 0.1) is 16.5 Å². The minimum atomic E-state index is -1.23. The van der Waals surface area contributed by atoms with Gasteiger partial charge in [0.1, 0.15) is 0 Å². The van der Waals surface area contributed by atoms with Crippen LogP contribution in [0, 0.1) is 5.41 Å². The molecule has 4 N–H and O–H groups in total. The Morgan fingerprint density at radius 1 is 0.880 bits per heavy atom. The van der Waals surface area contributed by atoms with E-state index in [0.717, 1.165) is 0 Å². The predicted octanol–water partition coefficient (Wildman–Crippen LogP) is 2.13. The Labute approximate surface area is 142 Å². The molecule has 0 amide bonds. The lowest BCUT2D eigenvalue weighted by atomic mass is 9.80. The summed E-state index contributed by atoms with van der Waals surface area (Å²) in [5.41, 5.74) is -1.33. The van der Waals surface area contributed by atoms with Crippen LogP contribution < -0.4 is 0 Å². The molecular weight excluding hydrogens is 332 g/mol. The lowest BCUT2D eigenvalue weighted by molar-refractivity contribution is -0.145. The predicted molar refractivity (Wildman–Crippen MR) is 85.6 cm³/mol. The largest absolute Gasteiger partial charge is 0.481 e. The molecular formula is C17H16O8. The Morgan fingerprint density at radius 3 is 1.72 bits per heavy atom. The van der Waals surface area contributed by atoms with E-state index in [1.165, 1.54) is 49.4 Å². The highest BCUT2D eigenvalue weighted by molar-refractivity contribution is 6.01. The van der Waals surface area contributed by atoms with Crippen molar-refractivity contribution in [1.82, 2.24) is 0 Å². The van der Waals surface area contributed by atoms with E-state index in [-0.39, 0.29) is 23.1 Å². The summed E-state index contributed by atoms with van der Waals surface area (Å²) in [5.74, 6) is -4.52. The number of carboxylic acid groups (broad SMARTS) is 4. The molecule has 2 rings (SSSR count). The Kier molecular flexibility index (Phi) is 6.21. The molecule has 1 aromatic carbocycles. The van der Waals surface area contributed by atoms with E-state index in [1.54, 1.807) is 0 Å². The minimum Gasteiger partial charge on any atom is -0.481 e. The molecule has 0 saturated heterocycles. The second kappa shape index (κ2) is 7.91. The highest BCUT2D eigenvalue weighted by atomic mass is 16.4. The van der Waals surface area contributed by atoms with Gasteiger partial charge in [-0.25, -0.2) is 14.4 Å². The van der Waals surface area contributed by atoms with Crippen LogP contribution in [0.2, 0.25) is 0 Å². The fourth-order valence-corrected chi connectivity index (χ4v) is 2.04.